The molecule has 208 valence electrons. The van der Waals surface area contributed by atoms with Crippen molar-refractivity contribution in [3.05, 3.63) is 36.0 Å². The first-order valence-corrected chi connectivity index (χ1v) is 13.2. The normalized spacial score (nSPS) is 14.2. The predicted molar refractivity (Wildman–Crippen MR) is 140 cm³/mol. The third kappa shape index (κ3) is 9.04. The molecule has 38 heavy (non-hydrogen) atoms. The number of benzene rings is 1. The average molecular weight is 552 g/mol. The summed E-state index contributed by atoms with van der Waals surface area (Å²) in [5.74, 6) is -4.64. The Morgan fingerprint density at radius 3 is 2.21 bits per heavy atom. The van der Waals surface area contributed by atoms with Crippen LogP contribution in [-0.4, -0.2) is 92.7 Å². The van der Waals surface area contributed by atoms with Crippen LogP contribution in [-0.2, 0) is 30.4 Å². The van der Waals surface area contributed by atoms with Crippen molar-refractivity contribution in [3.63, 3.8) is 0 Å². The van der Waals surface area contributed by atoms with Crippen LogP contribution in [0, 0.1) is 0 Å². The van der Waals surface area contributed by atoms with E-state index in [1.165, 1.54) is 11.8 Å². The van der Waals surface area contributed by atoms with Crippen LogP contribution in [0.2, 0.25) is 0 Å². The molecule has 1 aromatic heterocycles. The summed E-state index contributed by atoms with van der Waals surface area (Å²) in [6, 6.07) is 2.24. The van der Waals surface area contributed by atoms with E-state index >= 15 is 0 Å². The number of amides is 3. The van der Waals surface area contributed by atoms with Crippen molar-refractivity contribution >= 4 is 52.3 Å². The zero-order chi connectivity index (χ0) is 28.2. The van der Waals surface area contributed by atoms with Crippen molar-refractivity contribution in [2.75, 3.05) is 18.6 Å². The molecular formula is C24H33N5O8S. The number of nitrogens with two attached hydrogens (primary N) is 1. The Morgan fingerprint density at radius 1 is 0.947 bits per heavy atom. The maximum atomic E-state index is 12.8. The maximum absolute atomic E-state index is 12.8. The number of thioether (sulfide) groups is 1. The zero-order valence-electron chi connectivity index (χ0n) is 20.8. The van der Waals surface area contributed by atoms with Gasteiger partial charge in [-0.3, -0.25) is 19.2 Å². The van der Waals surface area contributed by atoms with Gasteiger partial charge in [-0.15, -0.1) is 0 Å². The lowest BCUT2D eigenvalue weighted by molar-refractivity contribution is -0.143. The summed E-state index contributed by atoms with van der Waals surface area (Å²) in [5, 5.41) is 35.9. The predicted octanol–water partition coefficient (Wildman–Crippen LogP) is -0.813. The van der Waals surface area contributed by atoms with Gasteiger partial charge in [0.25, 0.3) is 0 Å². The molecule has 4 unspecified atom stereocenters. The Kier molecular flexibility index (Phi) is 12.0. The van der Waals surface area contributed by atoms with Crippen molar-refractivity contribution in [2.24, 2.45) is 5.73 Å². The number of para-hydroxylation sites is 1. The van der Waals surface area contributed by atoms with Crippen LogP contribution < -0.4 is 21.7 Å². The van der Waals surface area contributed by atoms with Gasteiger partial charge in [-0.25, -0.2) is 4.79 Å². The standard InChI is InChI=1S/C24H33N5O8S/c1-38-9-8-18(24(36)37)28-22(34)17(6-7-20(31)32)27-23(35)19(12-30)29-21(33)15(25)10-13-11-26-16-5-3-2-4-14(13)16/h2-5,11,15,17-19,26,30H,6-10,12,25H2,1H3,(H,27,35)(H,28,34)(H,29,33)(H,31,32)(H,36,37). The van der Waals surface area contributed by atoms with E-state index in [0.29, 0.717) is 5.75 Å². The summed E-state index contributed by atoms with van der Waals surface area (Å²) in [6.07, 6.45) is 2.92. The van der Waals surface area contributed by atoms with Gasteiger partial charge >= 0.3 is 11.9 Å². The van der Waals surface area contributed by atoms with Crippen LogP contribution in [0.25, 0.3) is 10.9 Å². The van der Waals surface area contributed by atoms with E-state index in [-0.39, 0.29) is 19.3 Å². The molecule has 4 atom stereocenters. The lowest BCUT2D eigenvalue weighted by Gasteiger charge is -2.24. The van der Waals surface area contributed by atoms with Gasteiger partial charge in [-0.2, -0.15) is 11.8 Å². The quantitative estimate of drug-likeness (QED) is 0.129. The number of aliphatic carboxylic acids is 2. The summed E-state index contributed by atoms with van der Waals surface area (Å²) in [7, 11) is 0. The van der Waals surface area contributed by atoms with Gasteiger partial charge < -0.3 is 42.0 Å². The van der Waals surface area contributed by atoms with E-state index in [1.807, 2.05) is 24.3 Å². The van der Waals surface area contributed by atoms with Crippen LogP contribution >= 0.6 is 11.8 Å². The molecule has 0 aliphatic heterocycles. The van der Waals surface area contributed by atoms with E-state index in [9.17, 15) is 34.2 Å². The van der Waals surface area contributed by atoms with Gasteiger partial charge in [0.15, 0.2) is 0 Å². The van der Waals surface area contributed by atoms with Crippen molar-refractivity contribution in [3.8, 4) is 0 Å². The highest BCUT2D eigenvalue weighted by molar-refractivity contribution is 7.98. The molecular weight excluding hydrogens is 518 g/mol. The van der Waals surface area contributed by atoms with Crippen LogP contribution in [0.15, 0.2) is 30.5 Å². The molecule has 13 nitrogen and oxygen atoms in total. The average Bonchev–Trinajstić information content (AvgIpc) is 3.29. The highest BCUT2D eigenvalue weighted by atomic mass is 32.2. The molecule has 9 N–H and O–H groups in total. The van der Waals surface area contributed by atoms with Gasteiger partial charge in [-0.05, 0) is 42.9 Å². The number of aromatic nitrogens is 1. The lowest BCUT2D eigenvalue weighted by atomic mass is 10.0. The molecule has 2 rings (SSSR count). The second-order valence-corrected chi connectivity index (χ2v) is 9.57. The van der Waals surface area contributed by atoms with Gasteiger partial charge in [-0.1, -0.05) is 18.2 Å². The fraction of sp³-hybridized carbons (Fsp3) is 0.458. The summed E-state index contributed by atoms with van der Waals surface area (Å²) in [4.78, 5) is 63.8. The fourth-order valence-electron chi connectivity index (χ4n) is 3.68. The van der Waals surface area contributed by atoms with Crippen molar-refractivity contribution in [2.45, 2.75) is 49.9 Å². The molecule has 0 saturated heterocycles. The Balaban J connectivity index is 2.05. The number of carbonyl (C=O) groups excluding carboxylic acids is 3. The molecule has 0 fully saturated rings. The van der Waals surface area contributed by atoms with Crippen LogP contribution in [0.3, 0.4) is 0 Å². The summed E-state index contributed by atoms with van der Waals surface area (Å²) < 4.78 is 0. The Morgan fingerprint density at radius 2 is 1.58 bits per heavy atom. The lowest BCUT2D eigenvalue weighted by Crippen LogP contribution is -2.58. The molecule has 0 spiro atoms. The molecule has 0 saturated carbocycles. The zero-order valence-corrected chi connectivity index (χ0v) is 21.6. The SMILES string of the molecule is CSCCC(NC(=O)C(CCC(=O)O)NC(=O)C(CO)NC(=O)C(N)Cc1c[nH]c2ccccc12)C(=O)O. The van der Waals surface area contributed by atoms with Gasteiger partial charge in [0.05, 0.1) is 12.6 Å². The topological polar surface area (TPSA) is 224 Å². The molecule has 0 aliphatic rings. The molecule has 0 bridgehead atoms. The number of rotatable bonds is 16. The minimum absolute atomic E-state index is 0.117. The first-order valence-electron chi connectivity index (χ1n) is 11.8. The molecule has 0 radical (unpaired) electrons. The number of carboxylic acids is 2. The number of hydrogen-bond donors (Lipinski definition) is 8. The molecule has 3 amide bonds. The number of fused-ring (bicyclic) bond motifs is 1. The summed E-state index contributed by atoms with van der Waals surface area (Å²) in [5.41, 5.74) is 7.68. The Hall–Kier alpha value is -3.62. The minimum Gasteiger partial charge on any atom is -0.481 e. The minimum atomic E-state index is -1.48. The third-order valence-corrected chi connectivity index (χ3v) is 6.42. The highest BCUT2D eigenvalue weighted by Gasteiger charge is 2.30. The van der Waals surface area contributed by atoms with E-state index in [0.717, 1.165) is 16.5 Å². The van der Waals surface area contributed by atoms with Crippen molar-refractivity contribution in [1.29, 1.82) is 0 Å². The van der Waals surface area contributed by atoms with Crippen LogP contribution in [0.4, 0.5) is 0 Å². The molecule has 14 heteroatoms. The molecule has 0 aliphatic carbocycles. The third-order valence-electron chi connectivity index (χ3n) is 5.77. The van der Waals surface area contributed by atoms with Gasteiger partial charge in [0.2, 0.25) is 17.7 Å². The maximum Gasteiger partial charge on any atom is 0.326 e. The smallest absolute Gasteiger partial charge is 0.326 e. The van der Waals surface area contributed by atoms with E-state index in [1.54, 1.807) is 12.5 Å². The van der Waals surface area contributed by atoms with Crippen LogP contribution in [0.5, 0.6) is 0 Å². The first kappa shape index (κ1) is 30.6. The summed E-state index contributed by atoms with van der Waals surface area (Å²) in [6.45, 7) is -0.823. The van der Waals surface area contributed by atoms with Gasteiger partial charge in [0, 0.05) is 23.5 Å². The van der Waals surface area contributed by atoms with Gasteiger partial charge in [0.1, 0.15) is 18.1 Å². The van der Waals surface area contributed by atoms with Crippen molar-refractivity contribution in [1.82, 2.24) is 20.9 Å². The Bertz CT molecular complexity index is 1140. The van der Waals surface area contributed by atoms with E-state index in [2.05, 4.69) is 20.9 Å². The molecule has 1 aromatic carbocycles. The Labute approximate surface area is 222 Å². The molecule has 1 heterocycles. The second kappa shape index (κ2) is 15.0. The largest absolute Gasteiger partial charge is 0.481 e. The number of H-pyrrole nitrogens is 1. The summed E-state index contributed by atoms with van der Waals surface area (Å²) >= 11 is 1.38. The van der Waals surface area contributed by atoms with Crippen molar-refractivity contribution < 1.29 is 39.3 Å². The number of aromatic amines is 1. The number of hydrogen-bond acceptors (Lipinski definition) is 8. The number of aliphatic hydroxyl groups is 1. The highest BCUT2D eigenvalue weighted by Crippen LogP contribution is 2.18. The number of aliphatic hydroxyl groups excluding tert-OH is 1. The fourth-order valence-corrected chi connectivity index (χ4v) is 4.15. The number of nitrogens with one attached hydrogen (secondary N) is 4. The number of carboxylic acid groups (broad SMARTS) is 2. The van der Waals surface area contributed by atoms with E-state index < -0.39 is 66.9 Å². The first-order chi connectivity index (χ1) is 18.1. The second-order valence-electron chi connectivity index (χ2n) is 8.59. The van der Waals surface area contributed by atoms with E-state index in [4.69, 9.17) is 10.8 Å². The monoisotopic (exact) mass is 551 g/mol. The molecule has 2 aromatic rings. The number of carbonyl (C=O) groups is 5. The van der Waals surface area contributed by atoms with Crippen LogP contribution in [0.1, 0.15) is 24.8 Å².